The van der Waals surface area contributed by atoms with E-state index in [9.17, 15) is 0 Å². The van der Waals surface area contributed by atoms with Gasteiger partial charge in [0.15, 0.2) is 0 Å². The number of nitrogens with one attached hydrogen (secondary N) is 2. The Morgan fingerprint density at radius 2 is 1.81 bits per heavy atom. The second kappa shape index (κ2) is 7.47. The number of nitrogens with zero attached hydrogens (tertiary/aromatic N) is 2. The fraction of sp³-hybridized carbons (Fsp3) is 0.375. The second-order valence-electron chi connectivity index (χ2n) is 4.99. The van der Waals surface area contributed by atoms with Gasteiger partial charge in [-0.25, -0.2) is 9.97 Å². The van der Waals surface area contributed by atoms with E-state index in [2.05, 4.69) is 34.4 Å². The van der Waals surface area contributed by atoms with Crippen molar-refractivity contribution in [3.05, 3.63) is 42.2 Å². The van der Waals surface area contributed by atoms with Crippen molar-refractivity contribution in [3.63, 3.8) is 0 Å². The van der Waals surface area contributed by atoms with Gasteiger partial charge in [-0.2, -0.15) is 0 Å². The lowest BCUT2D eigenvalue weighted by Crippen LogP contribution is -2.14. The molecule has 0 spiro atoms. The van der Waals surface area contributed by atoms with Gasteiger partial charge in [0.05, 0.1) is 6.54 Å². The minimum absolute atomic E-state index is 0.291. The Morgan fingerprint density at radius 1 is 1.10 bits per heavy atom. The maximum absolute atomic E-state index is 5.64. The quantitative estimate of drug-likeness (QED) is 0.766. The lowest BCUT2D eigenvalue weighted by Gasteiger charge is -2.12. The lowest BCUT2D eigenvalue weighted by molar-refractivity contribution is 0.332. The molecule has 0 bridgehead atoms. The molecule has 0 fully saturated rings. The fourth-order valence-electron chi connectivity index (χ4n) is 1.81. The Balaban J connectivity index is 1.89. The Hall–Kier alpha value is -2.30. The largest absolute Gasteiger partial charge is 0.492 e. The van der Waals surface area contributed by atoms with Gasteiger partial charge in [0.1, 0.15) is 29.8 Å². The summed E-state index contributed by atoms with van der Waals surface area (Å²) in [6.45, 7) is 5.43. The molecule has 112 valence electrons. The molecule has 0 aliphatic carbocycles. The van der Waals surface area contributed by atoms with E-state index in [1.165, 1.54) is 0 Å². The topological polar surface area (TPSA) is 59.1 Å². The number of para-hydroxylation sites is 1. The Kier molecular flexibility index (Phi) is 5.37. The monoisotopic (exact) mass is 286 g/mol. The first-order valence-electron chi connectivity index (χ1n) is 7.17. The molecule has 0 radical (unpaired) electrons. The molecular formula is C16H22N4O. The zero-order chi connectivity index (χ0) is 15.1. The van der Waals surface area contributed by atoms with Gasteiger partial charge in [-0.3, -0.25) is 0 Å². The van der Waals surface area contributed by atoms with E-state index in [4.69, 9.17) is 4.74 Å². The highest BCUT2D eigenvalue weighted by Crippen LogP contribution is 2.16. The van der Waals surface area contributed by atoms with Gasteiger partial charge in [-0.1, -0.05) is 32.0 Å². The highest BCUT2D eigenvalue weighted by atomic mass is 16.5. The predicted molar refractivity (Wildman–Crippen MR) is 86.1 cm³/mol. The summed E-state index contributed by atoms with van der Waals surface area (Å²) in [6, 6.07) is 11.7. The molecule has 2 aromatic rings. The number of hydrogen-bond donors (Lipinski definition) is 2. The van der Waals surface area contributed by atoms with E-state index in [0.29, 0.717) is 19.1 Å². The average molecular weight is 286 g/mol. The van der Waals surface area contributed by atoms with Crippen LogP contribution in [0.5, 0.6) is 5.75 Å². The Morgan fingerprint density at radius 3 is 2.48 bits per heavy atom. The molecule has 5 heteroatoms. The molecule has 21 heavy (non-hydrogen) atoms. The molecule has 1 aromatic heterocycles. The molecule has 1 heterocycles. The van der Waals surface area contributed by atoms with Crippen LogP contribution in [0, 0.1) is 0 Å². The van der Waals surface area contributed by atoms with Gasteiger partial charge in [-0.15, -0.1) is 0 Å². The molecule has 0 aliphatic rings. The minimum atomic E-state index is 0.291. The third-order valence-electron chi connectivity index (χ3n) is 2.94. The summed E-state index contributed by atoms with van der Waals surface area (Å²) in [4.78, 5) is 8.94. The van der Waals surface area contributed by atoms with Crippen LogP contribution in [0.1, 0.15) is 25.6 Å². The first-order valence-corrected chi connectivity index (χ1v) is 7.17. The van der Waals surface area contributed by atoms with Crippen molar-refractivity contribution in [3.8, 4) is 5.75 Å². The summed E-state index contributed by atoms with van der Waals surface area (Å²) in [5.41, 5.74) is 0. The van der Waals surface area contributed by atoms with Crippen molar-refractivity contribution in [1.29, 1.82) is 0 Å². The highest BCUT2D eigenvalue weighted by Gasteiger charge is 2.07. The summed E-state index contributed by atoms with van der Waals surface area (Å²) < 4.78 is 5.64. The molecule has 0 amide bonds. The van der Waals surface area contributed by atoms with Gasteiger partial charge in [0.2, 0.25) is 0 Å². The predicted octanol–water partition coefficient (Wildman–Crippen LogP) is 3.13. The SMILES string of the molecule is CNc1cc(NCCOc2ccccc2)nc(C(C)C)n1. The van der Waals surface area contributed by atoms with Crippen LogP contribution in [-0.2, 0) is 0 Å². The Bertz CT molecular complexity index is 557. The van der Waals surface area contributed by atoms with Crippen molar-refractivity contribution in [2.24, 2.45) is 0 Å². The number of benzene rings is 1. The van der Waals surface area contributed by atoms with E-state index in [1.54, 1.807) is 0 Å². The maximum atomic E-state index is 5.64. The van der Waals surface area contributed by atoms with E-state index in [1.807, 2.05) is 43.4 Å². The van der Waals surface area contributed by atoms with Crippen molar-refractivity contribution < 1.29 is 4.74 Å². The average Bonchev–Trinajstić information content (AvgIpc) is 2.52. The van der Waals surface area contributed by atoms with E-state index in [0.717, 1.165) is 23.2 Å². The number of hydrogen-bond acceptors (Lipinski definition) is 5. The molecule has 0 saturated carbocycles. The highest BCUT2D eigenvalue weighted by molar-refractivity contribution is 5.47. The minimum Gasteiger partial charge on any atom is -0.492 e. The molecule has 5 nitrogen and oxygen atoms in total. The lowest BCUT2D eigenvalue weighted by atomic mass is 10.2. The van der Waals surface area contributed by atoms with Gasteiger partial charge < -0.3 is 15.4 Å². The maximum Gasteiger partial charge on any atom is 0.135 e. The van der Waals surface area contributed by atoms with E-state index >= 15 is 0 Å². The van der Waals surface area contributed by atoms with Crippen LogP contribution in [-0.4, -0.2) is 30.2 Å². The zero-order valence-electron chi connectivity index (χ0n) is 12.8. The van der Waals surface area contributed by atoms with Crippen LogP contribution < -0.4 is 15.4 Å². The van der Waals surface area contributed by atoms with Crippen LogP contribution in [0.3, 0.4) is 0 Å². The molecule has 2 N–H and O–H groups in total. The summed E-state index contributed by atoms with van der Waals surface area (Å²) >= 11 is 0. The van der Waals surface area contributed by atoms with Gasteiger partial charge in [0, 0.05) is 19.0 Å². The molecule has 0 atom stereocenters. The summed E-state index contributed by atoms with van der Waals surface area (Å²) in [7, 11) is 1.86. The molecule has 0 unspecified atom stereocenters. The number of aromatic nitrogens is 2. The van der Waals surface area contributed by atoms with Crippen molar-refractivity contribution in [2.75, 3.05) is 30.8 Å². The molecule has 1 aromatic carbocycles. The van der Waals surface area contributed by atoms with Crippen LogP contribution in [0.25, 0.3) is 0 Å². The number of ether oxygens (including phenoxy) is 1. The van der Waals surface area contributed by atoms with Gasteiger partial charge >= 0.3 is 0 Å². The first kappa shape index (κ1) is 15.1. The van der Waals surface area contributed by atoms with E-state index < -0.39 is 0 Å². The van der Waals surface area contributed by atoms with Crippen LogP contribution in [0.2, 0.25) is 0 Å². The Labute approximate surface area is 125 Å². The van der Waals surface area contributed by atoms with Crippen molar-refractivity contribution >= 4 is 11.6 Å². The molecular weight excluding hydrogens is 264 g/mol. The fourth-order valence-corrected chi connectivity index (χ4v) is 1.81. The van der Waals surface area contributed by atoms with Crippen molar-refractivity contribution in [2.45, 2.75) is 19.8 Å². The third kappa shape index (κ3) is 4.63. The summed E-state index contributed by atoms with van der Waals surface area (Å²) in [5.74, 6) is 3.63. The van der Waals surface area contributed by atoms with Gasteiger partial charge in [0.25, 0.3) is 0 Å². The van der Waals surface area contributed by atoms with Crippen LogP contribution >= 0.6 is 0 Å². The first-order chi connectivity index (χ1) is 10.2. The van der Waals surface area contributed by atoms with Crippen LogP contribution in [0.4, 0.5) is 11.6 Å². The van der Waals surface area contributed by atoms with Crippen LogP contribution in [0.15, 0.2) is 36.4 Å². The standard InChI is InChI=1S/C16H22N4O/c1-12(2)16-19-14(17-3)11-15(20-16)18-9-10-21-13-7-5-4-6-8-13/h4-8,11-12H,9-10H2,1-3H3,(H2,17,18,19,20). The van der Waals surface area contributed by atoms with E-state index in [-0.39, 0.29) is 0 Å². The second-order valence-corrected chi connectivity index (χ2v) is 4.99. The van der Waals surface area contributed by atoms with Gasteiger partial charge in [-0.05, 0) is 12.1 Å². The summed E-state index contributed by atoms with van der Waals surface area (Å²) in [6.07, 6.45) is 0. The van der Waals surface area contributed by atoms with Crippen molar-refractivity contribution in [1.82, 2.24) is 9.97 Å². The smallest absolute Gasteiger partial charge is 0.135 e. The third-order valence-corrected chi connectivity index (χ3v) is 2.94. The molecule has 0 aliphatic heterocycles. The normalized spacial score (nSPS) is 10.5. The number of anilines is 2. The zero-order valence-corrected chi connectivity index (χ0v) is 12.8. The molecule has 0 saturated heterocycles. The summed E-state index contributed by atoms with van der Waals surface area (Å²) in [5, 5.41) is 6.33. The molecule has 2 rings (SSSR count). The number of rotatable bonds is 7.